The summed E-state index contributed by atoms with van der Waals surface area (Å²) in [5.41, 5.74) is 5.52. The zero-order valence-electron chi connectivity index (χ0n) is 11.4. The summed E-state index contributed by atoms with van der Waals surface area (Å²) >= 11 is 0. The SMILES string of the molecule is CCOC(=O)C(N)(CN1CCC(OC)C1)C1CC1. The Bertz CT molecular complexity index is 307. The first-order valence-corrected chi connectivity index (χ1v) is 6.81. The summed E-state index contributed by atoms with van der Waals surface area (Å²) in [5, 5.41) is 0. The Labute approximate surface area is 109 Å². The lowest BCUT2D eigenvalue weighted by atomic mass is 9.94. The molecule has 0 radical (unpaired) electrons. The number of ether oxygens (including phenoxy) is 2. The maximum atomic E-state index is 12.1. The fraction of sp³-hybridized carbons (Fsp3) is 0.923. The van der Waals surface area contributed by atoms with Crippen molar-refractivity contribution >= 4 is 5.97 Å². The second-order valence-corrected chi connectivity index (χ2v) is 5.42. The number of carbonyl (C=O) groups is 1. The molecule has 18 heavy (non-hydrogen) atoms. The highest BCUT2D eigenvalue weighted by atomic mass is 16.5. The van der Waals surface area contributed by atoms with Crippen LogP contribution in [0.15, 0.2) is 0 Å². The minimum absolute atomic E-state index is 0.242. The first kappa shape index (κ1) is 13.8. The molecule has 2 unspecified atom stereocenters. The van der Waals surface area contributed by atoms with Gasteiger partial charge in [-0.05, 0) is 32.1 Å². The van der Waals surface area contributed by atoms with E-state index in [2.05, 4.69) is 4.90 Å². The fourth-order valence-electron chi connectivity index (χ4n) is 2.73. The zero-order chi connectivity index (χ0) is 13.2. The number of nitrogens with two attached hydrogens (primary N) is 1. The molecule has 1 saturated heterocycles. The summed E-state index contributed by atoms with van der Waals surface area (Å²) in [6, 6.07) is 0. The van der Waals surface area contributed by atoms with E-state index in [1.165, 1.54) is 0 Å². The van der Waals surface area contributed by atoms with Gasteiger partial charge < -0.3 is 15.2 Å². The number of hydrogen-bond donors (Lipinski definition) is 1. The average Bonchev–Trinajstić information content (AvgIpc) is 3.12. The van der Waals surface area contributed by atoms with Crippen LogP contribution in [0.1, 0.15) is 26.2 Å². The monoisotopic (exact) mass is 256 g/mol. The van der Waals surface area contributed by atoms with Crippen molar-refractivity contribution in [2.45, 2.75) is 37.8 Å². The minimum Gasteiger partial charge on any atom is -0.465 e. The van der Waals surface area contributed by atoms with E-state index in [0.29, 0.717) is 13.2 Å². The Morgan fingerprint density at radius 1 is 1.44 bits per heavy atom. The third-order valence-corrected chi connectivity index (χ3v) is 4.01. The molecule has 2 atom stereocenters. The van der Waals surface area contributed by atoms with Crippen LogP contribution in [0.25, 0.3) is 0 Å². The lowest BCUT2D eigenvalue weighted by Gasteiger charge is -2.31. The molecule has 2 aliphatic rings. The van der Waals surface area contributed by atoms with Crippen LogP contribution in [-0.4, -0.2) is 55.9 Å². The Morgan fingerprint density at radius 3 is 2.67 bits per heavy atom. The number of rotatable bonds is 6. The topological polar surface area (TPSA) is 64.8 Å². The van der Waals surface area contributed by atoms with E-state index < -0.39 is 5.54 Å². The Hall–Kier alpha value is -0.650. The fourth-order valence-corrected chi connectivity index (χ4v) is 2.73. The van der Waals surface area contributed by atoms with Gasteiger partial charge in [-0.15, -0.1) is 0 Å². The molecule has 0 aromatic rings. The molecule has 0 aromatic carbocycles. The molecule has 0 bridgehead atoms. The summed E-state index contributed by atoms with van der Waals surface area (Å²) in [6.07, 6.45) is 3.36. The number of methoxy groups -OCH3 is 1. The molecular weight excluding hydrogens is 232 g/mol. The number of carbonyl (C=O) groups excluding carboxylic acids is 1. The average molecular weight is 256 g/mol. The van der Waals surface area contributed by atoms with Crippen molar-refractivity contribution in [3.05, 3.63) is 0 Å². The molecule has 1 heterocycles. The molecule has 0 aromatic heterocycles. The third-order valence-electron chi connectivity index (χ3n) is 4.01. The van der Waals surface area contributed by atoms with Gasteiger partial charge in [0.2, 0.25) is 0 Å². The van der Waals surface area contributed by atoms with Gasteiger partial charge in [0.05, 0.1) is 12.7 Å². The van der Waals surface area contributed by atoms with E-state index in [1.54, 1.807) is 7.11 Å². The van der Waals surface area contributed by atoms with Gasteiger partial charge in [-0.3, -0.25) is 4.90 Å². The van der Waals surface area contributed by atoms with Crippen LogP contribution in [0, 0.1) is 5.92 Å². The summed E-state index contributed by atoms with van der Waals surface area (Å²) in [4.78, 5) is 14.3. The summed E-state index contributed by atoms with van der Waals surface area (Å²) in [7, 11) is 1.73. The van der Waals surface area contributed by atoms with Crippen molar-refractivity contribution in [3.63, 3.8) is 0 Å². The van der Waals surface area contributed by atoms with Crippen LogP contribution in [0.2, 0.25) is 0 Å². The van der Waals surface area contributed by atoms with E-state index in [-0.39, 0.29) is 18.0 Å². The molecule has 5 nitrogen and oxygen atoms in total. The molecular formula is C13H24N2O3. The standard InChI is InChI=1S/C13H24N2O3/c1-3-18-12(16)13(14,10-4-5-10)9-15-7-6-11(8-15)17-2/h10-11H,3-9,14H2,1-2H3. The van der Waals surface area contributed by atoms with Crippen LogP contribution in [-0.2, 0) is 14.3 Å². The van der Waals surface area contributed by atoms with Crippen molar-refractivity contribution < 1.29 is 14.3 Å². The molecule has 5 heteroatoms. The molecule has 1 aliphatic heterocycles. The number of esters is 1. The predicted octanol–water partition coefficient (Wildman–Crippen LogP) is 0.378. The number of hydrogen-bond acceptors (Lipinski definition) is 5. The van der Waals surface area contributed by atoms with Crippen LogP contribution in [0.4, 0.5) is 0 Å². The second kappa shape index (κ2) is 5.55. The second-order valence-electron chi connectivity index (χ2n) is 5.42. The Balaban J connectivity index is 1.96. The molecule has 0 spiro atoms. The van der Waals surface area contributed by atoms with Gasteiger partial charge in [0.15, 0.2) is 0 Å². The van der Waals surface area contributed by atoms with Gasteiger partial charge in [-0.25, -0.2) is 4.79 Å². The van der Waals surface area contributed by atoms with E-state index >= 15 is 0 Å². The van der Waals surface area contributed by atoms with Gasteiger partial charge in [-0.1, -0.05) is 0 Å². The molecule has 2 N–H and O–H groups in total. The quantitative estimate of drug-likeness (QED) is 0.696. The van der Waals surface area contributed by atoms with Gasteiger partial charge in [-0.2, -0.15) is 0 Å². The normalized spacial score (nSPS) is 28.1. The van der Waals surface area contributed by atoms with Gasteiger partial charge in [0.25, 0.3) is 0 Å². The largest absolute Gasteiger partial charge is 0.465 e. The van der Waals surface area contributed by atoms with E-state index in [9.17, 15) is 4.79 Å². The highest BCUT2D eigenvalue weighted by Gasteiger charge is 2.50. The highest BCUT2D eigenvalue weighted by Crippen LogP contribution is 2.39. The molecule has 1 saturated carbocycles. The van der Waals surface area contributed by atoms with Crippen molar-refractivity contribution in [2.24, 2.45) is 11.7 Å². The molecule has 1 aliphatic carbocycles. The zero-order valence-corrected chi connectivity index (χ0v) is 11.4. The summed E-state index contributed by atoms with van der Waals surface area (Å²) in [6.45, 7) is 4.62. The van der Waals surface area contributed by atoms with Crippen LogP contribution >= 0.6 is 0 Å². The van der Waals surface area contributed by atoms with Gasteiger partial charge in [0, 0.05) is 26.7 Å². The predicted molar refractivity (Wildman–Crippen MR) is 68.1 cm³/mol. The van der Waals surface area contributed by atoms with E-state index in [1.807, 2.05) is 6.92 Å². The highest BCUT2D eigenvalue weighted by molar-refractivity contribution is 5.82. The Kier molecular flexibility index (Phi) is 4.25. The molecule has 2 fully saturated rings. The Morgan fingerprint density at radius 2 is 2.17 bits per heavy atom. The number of likely N-dealkylation sites (tertiary alicyclic amines) is 1. The van der Waals surface area contributed by atoms with Crippen molar-refractivity contribution in [2.75, 3.05) is 33.4 Å². The lowest BCUT2D eigenvalue weighted by Crippen LogP contribution is -2.58. The third kappa shape index (κ3) is 2.84. The van der Waals surface area contributed by atoms with Crippen LogP contribution in [0.5, 0.6) is 0 Å². The van der Waals surface area contributed by atoms with Gasteiger partial charge >= 0.3 is 5.97 Å². The minimum atomic E-state index is -0.821. The van der Waals surface area contributed by atoms with E-state index in [4.69, 9.17) is 15.2 Å². The smallest absolute Gasteiger partial charge is 0.327 e. The lowest BCUT2D eigenvalue weighted by molar-refractivity contribution is -0.151. The maximum Gasteiger partial charge on any atom is 0.327 e. The van der Waals surface area contributed by atoms with Crippen molar-refractivity contribution in [3.8, 4) is 0 Å². The first-order valence-electron chi connectivity index (χ1n) is 6.81. The van der Waals surface area contributed by atoms with Crippen molar-refractivity contribution in [1.82, 2.24) is 4.90 Å². The molecule has 2 rings (SSSR count). The summed E-state index contributed by atoms with van der Waals surface area (Å²) < 4.78 is 10.5. The molecule has 0 amide bonds. The maximum absolute atomic E-state index is 12.1. The van der Waals surface area contributed by atoms with E-state index in [0.717, 1.165) is 32.4 Å². The molecule has 104 valence electrons. The van der Waals surface area contributed by atoms with Gasteiger partial charge in [0.1, 0.15) is 5.54 Å². The first-order chi connectivity index (χ1) is 8.60. The number of nitrogens with zero attached hydrogens (tertiary/aromatic N) is 1. The van der Waals surface area contributed by atoms with Crippen LogP contribution in [0.3, 0.4) is 0 Å². The summed E-state index contributed by atoms with van der Waals surface area (Å²) in [5.74, 6) is 0.0477. The van der Waals surface area contributed by atoms with Crippen LogP contribution < -0.4 is 5.73 Å². The van der Waals surface area contributed by atoms with Crippen molar-refractivity contribution in [1.29, 1.82) is 0 Å².